The smallest absolute Gasteiger partial charge is 0.306 e. The number of sulfonamides is 1. The van der Waals surface area contributed by atoms with Gasteiger partial charge in [-0.15, -0.1) is 0 Å². The lowest BCUT2D eigenvalue weighted by Gasteiger charge is -2.20. The number of carboxylic acids is 1. The Labute approximate surface area is 95.2 Å². The number of hydrogen-bond acceptors (Lipinski definition) is 4. The molecule has 1 aliphatic heterocycles. The standard InChI is InChI=1S/C9H17NO5S/c1-7-4-10(16(13,14)6-7)5-8(15-2)3-9(11)12/h7-8H,3-6H2,1-2H3,(H,11,12). The van der Waals surface area contributed by atoms with Crippen LogP contribution in [0.4, 0.5) is 0 Å². The van der Waals surface area contributed by atoms with Gasteiger partial charge in [0.1, 0.15) is 0 Å². The molecule has 0 saturated carbocycles. The van der Waals surface area contributed by atoms with Crippen LogP contribution in [0.25, 0.3) is 0 Å². The van der Waals surface area contributed by atoms with E-state index in [0.717, 1.165) is 0 Å². The first-order valence-corrected chi connectivity index (χ1v) is 6.68. The Balaban J connectivity index is 2.62. The Bertz CT molecular complexity index is 353. The monoisotopic (exact) mass is 251 g/mol. The van der Waals surface area contributed by atoms with E-state index in [4.69, 9.17) is 9.84 Å². The van der Waals surface area contributed by atoms with Crippen molar-refractivity contribution < 1.29 is 23.1 Å². The molecule has 1 saturated heterocycles. The molecule has 1 aliphatic rings. The summed E-state index contributed by atoms with van der Waals surface area (Å²) in [6.07, 6.45) is -0.769. The van der Waals surface area contributed by atoms with Crippen molar-refractivity contribution in [3.05, 3.63) is 0 Å². The highest BCUT2D eigenvalue weighted by molar-refractivity contribution is 7.89. The Hall–Kier alpha value is -0.660. The third kappa shape index (κ3) is 3.43. The highest BCUT2D eigenvalue weighted by atomic mass is 32.2. The second-order valence-corrected chi connectivity index (χ2v) is 6.17. The molecule has 0 amide bonds. The molecule has 16 heavy (non-hydrogen) atoms. The zero-order valence-corrected chi connectivity index (χ0v) is 10.2. The van der Waals surface area contributed by atoms with Crippen molar-refractivity contribution in [2.45, 2.75) is 19.4 Å². The quantitative estimate of drug-likeness (QED) is 0.729. The van der Waals surface area contributed by atoms with Gasteiger partial charge in [0.2, 0.25) is 10.0 Å². The van der Waals surface area contributed by atoms with Crippen molar-refractivity contribution in [3.63, 3.8) is 0 Å². The molecule has 94 valence electrons. The Morgan fingerprint density at radius 1 is 1.62 bits per heavy atom. The molecule has 1 heterocycles. The van der Waals surface area contributed by atoms with E-state index in [1.807, 2.05) is 6.92 Å². The molecule has 1 rings (SSSR count). The fraction of sp³-hybridized carbons (Fsp3) is 0.889. The molecule has 6 nitrogen and oxygen atoms in total. The summed E-state index contributed by atoms with van der Waals surface area (Å²) in [7, 11) is -1.83. The summed E-state index contributed by atoms with van der Waals surface area (Å²) in [5.41, 5.74) is 0. The second kappa shape index (κ2) is 5.11. The number of carbonyl (C=O) groups is 1. The van der Waals surface area contributed by atoms with E-state index < -0.39 is 22.1 Å². The molecule has 0 radical (unpaired) electrons. The molecular formula is C9H17NO5S. The fourth-order valence-electron chi connectivity index (χ4n) is 1.81. The average molecular weight is 251 g/mol. The Morgan fingerprint density at radius 2 is 2.25 bits per heavy atom. The Kier molecular flexibility index (Phi) is 4.28. The van der Waals surface area contributed by atoms with Crippen LogP contribution in [0.15, 0.2) is 0 Å². The highest BCUT2D eigenvalue weighted by Crippen LogP contribution is 2.19. The number of carboxylic acid groups (broad SMARTS) is 1. The molecule has 0 aromatic carbocycles. The molecule has 0 aliphatic carbocycles. The molecule has 0 aromatic heterocycles. The fourth-order valence-corrected chi connectivity index (χ4v) is 3.72. The number of aliphatic carboxylic acids is 1. The largest absolute Gasteiger partial charge is 0.481 e. The first-order valence-electron chi connectivity index (χ1n) is 5.07. The number of nitrogens with zero attached hydrogens (tertiary/aromatic N) is 1. The normalized spacial score (nSPS) is 26.8. The van der Waals surface area contributed by atoms with Gasteiger partial charge in [0, 0.05) is 20.2 Å². The third-order valence-corrected chi connectivity index (χ3v) is 4.62. The van der Waals surface area contributed by atoms with Crippen molar-refractivity contribution in [1.82, 2.24) is 4.31 Å². The maximum Gasteiger partial charge on any atom is 0.306 e. The molecule has 0 aromatic rings. The van der Waals surface area contributed by atoms with Crippen molar-refractivity contribution in [3.8, 4) is 0 Å². The molecule has 2 unspecified atom stereocenters. The van der Waals surface area contributed by atoms with Crippen LogP contribution in [-0.4, -0.2) is 55.9 Å². The van der Waals surface area contributed by atoms with Crippen LogP contribution in [0.5, 0.6) is 0 Å². The van der Waals surface area contributed by atoms with E-state index in [-0.39, 0.29) is 24.6 Å². The van der Waals surface area contributed by atoms with E-state index in [1.165, 1.54) is 11.4 Å². The van der Waals surface area contributed by atoms with Gasteiger partial charge in [0.25, 0.3) is 0 Å². The maximum atomic E-state index is 11.6. The lowest BCUT2D eigenvalue weighted by atomic mass is 10.2. The molecular weight excluding hydrogens is 234 g/mol. The molecule has 0 bridgehead atoms. The van der Waals surface area contributed by atoms with Crippen LogP contribution in [0, 0.1) is 5.92 Å². The molecule has 2 atom stereocenters. The van der Waals surface area contributed by atoms with E-state index >= 15 is 0 Å². The SMILES string of the molecule is COC(CC(=O)O)CN1CC(C)CS1(=O)=O. The van der Waals surface area contributed by atoms with Crippen LogP contribution in [-0.2, 0) is 19.6 Å². The second-order valence-electron chi connectivity index (χ2n) is 4.16. The van der Waals surface area contributed by atoms with Crippen LogP contribution in [0.2, 0.25) is 0 Å². The van der Waals surface area contributed by atoms with Gasteiger partial charge < -0.3 is 9.84 Å². The van der Waals surface area contributed by atoms with Gasteiger partial charge in [-0.25, -0.2) is 8.42 Å². The number of methoxy groups -OCH3 is 1. The van der Waals surface area contributed by atoms with Gasteiger partial charge in [-0.3, -0.25) is 4.79 Å². The maximum absolute atomic E-state index is 11.6. The lowest BCUT2D eigenvalue weighted by Crippen LogP contribution is -2.36. The van der Waals surface area contributed by atoms with E-state index in [0.29, 0.717) is 6.54 Å². The van der Waals surface area contributed by atoms with Crippen LogP contribution >= 0.6 is 0 Å². The summed E-state index contributed by atoms with van der Waals surface area (Å²) in [6, 6.07) is 0. The number of rotatable bonds is 5. The zero-order valence-electron chi connectivity index (χ0n) is 9.42. The average Bonchev–Trinajstić information content (AvgIpc) is 2.37. The van der Waals surface area contributed by atoms with Gasteiger partial charge in [-0.2, -0.15) is 4.31 Å². The van der Waals surface area contributed by atoms with Gasteiger partial charge in [0.05, 0.1) is 18.3 Å². The van der Waals surface area contributed by atoms with Gasteiger partial charge >= 0.3 is 5.97 Å². The molecule has 7 heteroatoms. The summed E-state index contributed by atoms with van der Waals surface area (Å²) < 4.78 is 29.5. The molecule has 1 fully saturated rings. The van der Waals surface area contributed by atoms with Crippen molar-refractivity contribution in [1.29, 1.82) is 0 Å². The summed E-state index contributed by atoms with van der Waals surface area (Å²) in [5, 5.41) is 8.62. The predicted octanol–water partition coefficient (Wildman–Crippen LogP) is -0.242. The molecule has 1 N–H and O–H groups in total. The summed E-state index contributed by atoms with van der Waals surface area (Å²) in [4.78, 5) is 10.5. The lowest BCUT2D eigenvalue weighted by molar-refractivity contribution is -0.139. The van der Waals surface area contributed by atoms with E-state index in [2.05, 4.69) is 0 Å². The van der Waals surface area contributed by atoms with Crippen molar-refractivity contribution in [2.24, 2.45) is 5.92 Å². The van der Waals surface area contributed by atoms with Crippen LogP contribution in [0.3, 0.4) is 0 Å². The minimum Gasteiger partial charge on any atom is -0.481 e. The zero-order chi connectivity index (χ0) is 12.3. The minimum atomic E-state index is -3.22. The van der Waals surface area contributed by atoms with Crippen LogP contribution < -0.4 is 0 Å². The first kappa shape index (κ1) is 13.4. The van der Waals surface area contributed by atoms with E-state index in [9.17, 15) is 13.2 Å². The number of hydrogen-bond donors (Lipinski definition) is 1. The van der Waals surface area contributed by atoms with Gasteiger partial charge in [-0.1, -0.05) is 6.92 Å². The van der Waals surface area contributed by atoms with Crippen LogP contribution in [0.1, 0.15) is 13.3 Å². The molecule has 0 spiro atoms. The van der Waals surface area contributed by atoms with Crippen molar-refractivity contribution in [2.75, 3.05) is 26.0 Å². The highest BCUT2D eigenvalue weighted by Gasteiger charge is 2.35. The summed E-state index contributed by atoms with van der Waals surface area (Å²) >= 11 is 0. The summed E-state index contributed by atoms with van der Waals surface area (Å²) in [5.74, 6) is -0.764. The van der Waals surface area contributed by atoms with Crippen molar-refractivity contribution >= 4 is 16.0 Å². The third-order valence-electron chi connectivity index (χ3n) is 2.55. The predicted molar refractivity (Wildman–Crippen MR) is 57.6 cm³/mol. The van der Waals surface area contributed by atoms with E-state index in [1.54, 1.807) is 0 Å². The topological polar surface area (TPSA) is 83.9 Å². The first-order chi connectivity index (χ1) is 7.35. The summed E-state index contributed by atoms with van der Waals surface area (Å²) in [6.45, 7) is 2.42. The van der Waals surface area contributed by atoms with Gasteiger partial charge in [-0.05, 0) is 5.92 Å². The Morgan fingerprint density at radius 3 is 2.62 bits per heavy atom. The van der Waals surface area contributed by atoms with Gasteiger partial charge in [0.15, 0.2) is 0 Å². The number of ether oxygens (including phenoxy) is 1. The minimum absolute atomic E-state index is 0.0901.